The van der Waals surface area contributed by atoms with E-state index in [1.54, 1.807) is 0 Å². The first kappa shape index (κ1) is 25.7. The fourth-order valence-corrected chi connectivity index (χ4v) is 5.43. The maximum atomic E-state index is 5.06. The number of hydrogen-bond acceptors (Lipinski definition) is 5. The molecule has 2 fully saturated rings. The van der Waals surface area contributed by atoms with Gasteiger partial charge >= 0.3 is 33.3 Å². The molecule has 4 rings (SSSR count). The van der Waals surface area contributed by atoms with Crippen LogP contribution in [0.4, 0.5) is 0 Å². The zero-order chi connectivity index (χ0) is 22.1. The molecule has 2 aliphatic carbocycles. The van der Waals surface area contributed by atoms with Crippen molar-refractivity contribution >= 4 is 20.2 Å². The SMILES string of the molecule is C[C@@H]1N[C@H]2CCCC[C@H]2NCCN[C@@H]2CCCC[C@@H]2N[C@@H](C)c2cccc1n2.[Cl][Mn][Cl]. The summed E-state index contributed by atoms with van der Waals surface area (Å²) in [6, 6.07) is 9.34. The van der Waals surface area contributed by atoms with Gasteiger partial charge in [-0.1, -0.05) is 31.7 Å². The van der Waals surface area contributed by atoms with Crippen LogP contribution >= 0.6 is 20.2 Å². The van der Waals surface area contributed by atoms with Crippen LogP contribution in [-0.2, 0) is 13.1 Å². The van der Waals surface area contributed by atoms with Gasteiger partial charge in [0.1, 0.15) is 0 Å². The van der Waals surface area contributed by atoms with Gasteiger partial charge in [0.05, 0.1) is 11.4 Å². The predicted octanol–water partition coefficient (Wildman–Crippen LogP) is 4.57. The standard InChI is InChI=1S/C23H39N5.2ClH.Mn/c1-16-18-12-7-13-19(28-18)17(2)27-23-11-6-4-9-21(23)25-15-14-24-20-8-3-5-10-22(20)26-16;;;/h7,12-13,16-17,20-27H,3-6,8-11,14-15H2,1-2H3;2*1H;/q;;;+2/p-2/t16-,17-,20+,21+,22-,23-;;;/m0.../s1. The normalized spacial score (nSPS) is 34.7. The van der Waals surface area contributed by atoms with Crippen LogP contribution < -0.4 is 21.3 Å². The van der Waals surface area contributed by atoms with E-state index in [4.69, 9.17) is 25.2 Å². The maximum absolute atomic E-state index is 5.06. The van der Waals surface area contributed by atoms with Crippen LogP contribution in [0.1, 0.15) is 88.7 Å². The van der Waals surface area contributed by atoms with Gasteiger partial charge in [0.25, 0.3) is 0 Å². The van der Waals surface area contributed by atoms with Gasteiger partial charge < -0.3 is 21.3 Å². The number of hydrogen-bond donors (Lipinski definition) is 4. The second-order valence-electron chi connectivity index (χ2n) is 9.22. The summed E-state index contributed by atoms with van der Waals surface area (Å²) in [5, 5.41) is 15.5. The molecule has 2 bridgehead atoms. The molecule has 0 saturated heterocycles. The van der Waals surface area contributed by atoms with Gasteiger partial charge in [-0.05, 0) is 51.7 Å². The van der Waals surface area contributed by atoms with E-state index in [1.165, 1.54) is 62.8 Å². The minimum absolute atomic E-state index is 0.00694. The molecule has 31 heavy (non-hydrogen) atoms. The molecule has 0 spiro atoms. The zero-order valence-corrected chi connectivity index (χ0v) is 21.5. The molecule has 0 radical (unpaired) electrons. The summed E-state index contributed by atoms with van der Waals surface area (Å²) in [4.78, 5) is 5.06. The molecule has 1 aromatic rings. The summed E-state index contributed by atoms with van der Waals surface area (Å²) in [5.74, 6) is 0. The molecule has 0 aromatic carbocycles. The summed E-state index contributed by atoms with van der Waals surface area (Å²) in [5.41, 5.74) is 2.34. The fourth-order valence-electron chi connectivity index (χ4n) is 5.43. The van der Waals surface area contributed by atoms with Crippen LogP contribution in [0.25, 0.3) is 0 Å². The van der Waals surface area contributed by atoms with Crippen LogP contribution in [0, 0.1) is 0 Å². The fraction of sp³-hybridized carbons (Fsp3) is 0.783. The van der Waals surface area contributed by atoms with Crippen molar-refractivity contribution < 1.29 is 13.1 Å². The molecule has 1 aromatic heterocycles. The van der Waals surface area contributed by atoms with Gasteiger partial charge in [-0.25, -0.2) is 0 Å². The van der Waals surface area contributed by atoms with Crippen LogP contribution in [0.5, 0.6) is 0 Å². The monoisotopic (exact) mass is 510 g/mol. The number of rotatable bonds is 0. The van der Waals surface area contributed by atoms with E-state index >= 15 is 0 Å². The second-order valence-corrected chi connectivity index (χ2v) is 11.2. The number of pyridine rings is 1. The van der Waals surface area contributed by atoms with E-state index < -0.39 is 0 Å². The first-order valence-corrected chi connectivity index (χ1v) is 15.2. The van der Waals surface area contributed by atoms with E-state index in [0.717, 1.165) is 13.1 Å². The van der Waals surface area contributed by atoms with E-state index in [9.17, 15) is 0 Å². The molecule has 4 N–H and O–H groups in total. The Labute approximate surface area is 203 Å². The average Bonchev–Trinajstić information content (AvgIpc) is 2.79. The van der Waals surface area contributed by atoms with Gasteiger partial charge in [-0.3, -0.25) is 4.98 Å². The van der Waals surface area contributed by atoms with E-state index in [1.807, 2.05) is 0 Å². The number of fused-ring (bicyclic) bond motifs is 4. The predicted molar refractivity (Wildman–Crippen MR) is 127 cm³/mol. The number of nitrogens with one attached hydrogen (secondary N) is 4. The van der Waals surface area contributed by atoms with Crippen molar-refractivity contribution in [2.45, 2.75) is 101 Å². The zero-order valence-electron chi connectivity index (χ0n) is 18.8. The summed E-state index contributed by atoms with van der Waals surface area (Å²) in [6.07, 6.45) is 10.4. The van der Waals surface area contributed by atoms with Gasteiger partial charge in [0, 0.05) is 49.3 Å². The summed E-state index contributed by atoms with van der Waals surface area (Å²) in [7, 11) is 9.59. The van der Waals surface area contributed by atoms with Crippen molar-refractivity contribution in [3.63, 3.8) is 0 Å². The van der Waals surface area contributed by atoms with E-state index in [0.29, 0.717) is 24.2 Å². The Balaban J connectivity index is 0.000000858. The molecular formula is C23H39Cl2MnN5. The number of nitrogens with zero attached hydrogens (tertiary/aromatic N) is 1. The van der Waals surface area contributed by atoms with Crippen LogP contribution in [0.3, 0.4) is 0 Å². The molecule has 6 atom stereocenters. The molecule has 1 aliphatic heterocycles. The first-order chi connectivity index (χ1) is 15.1. The van der Waals surface area contributed by atoms with Gasteiger partial charge in [0.2, 0.25) is 0 Å². The van der Waals surface area contributed by atoms with E-state index in [2.05, 4.69) is 53.3 Å². The van der Waals surface area contributed by atoms with Crippen molar-refractivity contribution in [2.75, 3.05) is 13.1 Å². The van der Waals surface area contributed by atoms with Gasteiger partial charge in [-0.15, -0.1) is 0 Å². The van der Waals surface area contributed by atoms with Crippen molar-refractivity contribution in [2.24, 2.45) is 0 Å². The number of halogens is 2. The second kappa shape index (κ2) is 13.7. The Bertz CT molecular complexity index is 603. The molecule has 2 heterocycles. The Hall–Kier alpha value is 0.0895. The summed E-state index contributed by atoms with van der Waals surface area (Å²) in [6.45, 7) is 6.66. The Morgan fingerprint density at radius 3 is 1.55 bits per heavy atom. The van der Waals surface area contributed by atoms with Gasteiger partial charge in [-0.2, -0.15) is 0 Å². The molecule has 0 unspecified atom stereocenters. The summed E-state index contributed by atoms with van der Waals surface area (Å²) >= 11 is 0.00694. The summed E-state index contributed by atoms with van der Waals surface area (Å²) < 4.78 is 0. The third kappa shape index (κ3) is 7.82. The molecule has 3 aliphatic rings. The quantitative estimate of drug-likeness (QED) is 0.385. The molecular weight excluding hydrogens is 472 g/mol. The first-order valence-electron chi connectivity index (χ1n) is 11.9. The third-order valence-electron chi connectivity index (χ3n) is 7.08. The minimum atomic E-state index is 0.00694. The third-order valence-corrected chi connectivity index (χ3v) is 7.08. The van der Waals surface area contributed by atoms with Crippen molar-refractivity contribution in [1.82, 2.24) is 26.3 Å². The van der Waals surface area contributed by atoms with E-state index in [-0.39, 0.29) is 25.2 Å². The molecule has 177 valence electrons. The molecule has 2 saturated carbocycles. The van der Waals surface area contributed by atoms with Crippen molar-refractivity contribution in [3.05, 3.63) is 29.6 Å². The Morgan fingerprint density at radius 1 is 0.742 bits per heavy atom. The molecule has 8 heteroatoms. The van der Waals surface area contributed by atoms with Crippen LogP contribution in [0.15, 0.2) is 18.2 Å². The van der Waals surface area contributed by atoms with Crippen molar-refractivity contribution in [3.8, 4) is 0 Å². The van der Waals surface area contributed by atoms with Gasteiger partial charge in [0.15, 0.2) is 0 Å². The Kier molecular flexibility index (Phi) is 11.4. The van der Waals surface area contributed by atoms with Crippen LogP contribution in [-0.4, -0.2) is 42.2 Å². The average molecular weight is 511 g/mol. The molecule has 0 amide bonds. The topological polar surface area (TPSA) is 61.0 Å². The number of aromatic nitrogens is 1. The molecule has 5 nitrogen and oxygen atoms in total. The van der Waals surface area contributed by atoms with Crippen molar-refractivity contribution in [1.29, 1.82) is 0 Å². The Morgan fingerprint density at radius 2 is 1.13 bits per heavy atom. The van der Waals surface area contributed by atoms with Crippen LogP contribution in [0.2, 0.25) is 0 Å².